The molecule has 2 amide bonds. The average molecular weight is 289 g/mol. The van der Waals surface area contributed by atoms with Crippen molar-refractivity contribution in [3.8, 4) is 0 Å². The minimum atomic E-state index is -0.267. The van der Waals surface area contributed by atoms with Crippen LogP contribution in [0.15, 0.2) is 24.3 Å². The molecule has 1 aromatic rings. The number of hydrogen-bond donors (Lipinski definition) is 1. The van der Waals surface area contributed by atoms with E-state index in [1.807, 2.05) is 38.1 Å². The molecule has 5 heteroatoms. The molecule has 114 valence electrons. The van der Waals surface area contributed by atoms with Crippen molar-refractivity contribution < 1.29 is 9.59 Å². The number of amides is 2. The van der Waals surface area contributed by atoms with Gasteiger partial charge in [-0.2, -0.15) is 0 Å². The molecule has 2 rings (SSSR count). The Balaban J connectivity index is 1.94. The standard InChI is InChI=1S/C16H23N3O2/c1-4-19(5-2)15(20)11-18(3)16(21)14-10-12-8-6-7-9-13(12)17-14/h6-9,14,17H,4-5,10-11H2,1-3H3/t14-/m0/s1. The number of carbonyl (C=O) groups is 2. The number of rotatable bonds is 5. The zero-order chi connectivity index (χ0) is 15.4. The highest BCUT2D eigenvalue weighted by Gasteiger charge is 2.29. The Labute approximate surface area is 125 Å². The van der Waals surface area contributed by atoms with Crippen LogP contribution in [0.25, 0.3) is 0 Å². The highest BCUT2D eigenvalue weighted by molar-refractivity contribution is 5.90. The van der Waals surface area contributed by atoms with Gasteiger partial charge in [0, 0.05) is 32.2 Å². The summed E-state index contributed by atoms with van der Waals surface area (Å²) in [6, 6.07) is 7.66. The third-order valence-corrected chi connectivity index (χ3v) is 3.93. The van der Waals surface area contributed by atoms with Gasteiger partial charge in [0.1, 0.15) is 6.04 Å². The Bertz CT molecular complexity index is 501. The van der Waals surface area contributed by atoms with E-state index in [2.05, 4.69) is 5.32 Å². The van der Waals surface area contributed by atoms with Crippen LogP contribution >= 0.6 is 0 Å². The molecular formula is C16H23N3O2. The van der Waals surface area contributed by atoms with Crippen LogP contribution in [0.3, 0.4) is 0 Å². The third kappa shape index (κ3) is 3.35. The maximum absolute atomic E-state index is 12.4. The second kappa shape index (κ2) is 6.61. The van der Waals surface area contributed by atoms with E-state index in [0.717, 1.165) is 11.3 Å². The predicted molar refractivity (Wildman–Crippen MR) is 83.1 cm³/mol. The highest BCUT2D eigenvalue weighted by atomic mass is 16.2. The number of nitrogens with one attached hydrogen (secondary N) is 1. The Morgan fingerprint density at radius 1 is 1.24 bits per heavy atom. The minimum absolute atomic E-state index is 0.00800. The smallest absolute Gasteiger partial charge is 0.245 e. The number of anilines is 1. The van der Waals surface area contributed by atoms with Gasteiger partial charge in [0.05, 0.1) is 6.54 Å². The van der Waals surface area contributed by atoms with Gasteiger partial charge in [0.25, 0.3) is 0 Å². The number of likely N-dealkylation sites (N-methyl/N-ethyl adjacent to an activating group) is 2. The van der Waals surface area contributed by atoms with Crippen molar-refractivity contribution in [1.29, 1.82) is 0 Å². The van der Waals surface area contributed by atoms with Crippen LogP contribution < -0.4 is 5.32 Å². The molecule has 1 aliphatic rings. The summed E-state index contributed by atoms with van der Waals surface area (Å²) in [4.78, 5) is 27.8. The minimum Gasteiger partial charge on any atom is -0.373 e. The Kier molecular flexibility index (Phi) is 4.83. The molecule has 0 spiro atoms. The van der Waals surface area contributed by atoms with Gasteiger partial charge < -0.3 is 15.1 Å². The van der Waals surface area contributed by atoms with E-state index < -0.39 is 0 Å². The largest absolute Gasteiger partial charge is 0.373 e. The van der Waals surface area contributed by atoms with Gasteiger partial charge in [-0.3, -0.25) is 9.59 Å². The lowest BCUT2D eigenvalue weighted by molar-refractivity contribution is -0.139. The number of para-hydroxylation sites is 1. The van der Waals surface area contributed by atoms with E-state index >= 15 is 0 Å². The summed E-state index contributed by atoms with van der Waals surface area (Å²) in [5.74, 6) is -0.0435. The van der Waals surface area contributed by atoms with Crippen LogP contribution in [0.1, 0.15) is 19.4 Å². The van der Waals surface area contributed by atoms with Crippen LogP contribution in [0.2, 0.25) is 0 Å². The first-order valence-electron chi connectivity index (χ1n) is 7.44. The van der Waals surface area contributed by atoms with E-state index in [1.54, 1.807) is 11.9 Å². The topological polar surface area (TPSA) is 52.7 Å². The van der Waals surface area contributed by atoms with Gasteiger partial charge in [-0.1, -0.05) is 18.2 Å². The third-order valence-electron chi connectivity index (χ3n) is 3.93. The molecule has 0 radical (unpaired) electrons. The van der Waals surface area contributed by atoms with Crippen LogP contribution in [0.4, 0.5) is 5.69 Å². The number of fused-ring (bicyclic) bond motifs is 1. The first-order valence-corrected chi connectivity index (χ1v) is 7.44. The summed E-state index contributed by atoms with van der Waals surface area (Å²) in [5.41, 5.74) is 2.17. The molecule has 0 aromatic heterocycles. The fraction of sp³-hybridized carbons (Fsp3) is 0.500. The lowest BCUT2D eigenvalue weighted by atomic mass is 10.1. The van der Waals surface area contributed by atoms with Gasteiger partial charge in [-0.25, -0.2) is 0 Å². The van der Waals surface area contributed by atoms with Gasteiger partial charge >= 0.3 is 0 Å². The quantitative estimate of drug-likeness (QED) is 0.890. The molecule has 0 bridgehead atoms. The normalized spacial score (nSPS) is 16.0. The van der Waals surface area contributed by atoms with Gasteiger partial charge in [0.15, 0.2) is 0 Å². The summed E-state index contributed by atoms with van der Waals surface area (Å²) in [5, 5.41) is 3.23. The molecule has 1 aromatic carbocycles. The monoisotopic (exact) mass is 289 g/mol. The second-order valence-electron chi connectivity index (χ2n) is 5.32. The van der Waals surface area contributed by atoms with E-state index in [4.69, 9.17) is 0 Å². The summed E-state index contributed by atoms with van der Waals surface area (Å²) in [7, 11) is 1.69. The maximum Gasteiger partial charge on any atom is 0.245 e. The molecule has 1 atom stereocenters. The van der Waals surface area contributed by atoms with E-state index in [1.165, 1.54) is 4.90 Å². The van der Waals surface area contributed by atoms with Crippen molar-refractivity contribution >= 4 is 17.5 Å². The summed E-state index contributed by atoms with van der Waals surface area (Å²) in [6.45, 7) is 5.36. The Morgan fingerprint density at radius 2 is 1.90 bits per heavy atom. The number of hydrogen-bond acceptors (Lipinski definition) is 3. The maximum atomic E-state index is 12.4. The number of nitrogens with zero attached hydrogens (tertiary/aromatic N) is 2. The first kappa shape index (κ1) is 15.4. The predicted octanol–water partition coefficient (Wildman–Crippen LogP) is 1.35. The van der Waals surface area contributed by atoms with Gasteiger partial charge in [-0.15, -0.1) is 0 Å². The van der Waals surface area contributed by atoms with E-state index in [9.17, 15) is 9.59 Å². The van der Waals surface area contributed by atoms with Crippen LogP contribution in [-0.4, -0.2) is 54.3 Å². The van der Waals surface area contributed by atoms with Gasteiger partial charge in [0.2, 0.25) is 11.8 Å². The molecule has 0 fully saturated rings. The Morgan fingerprint density at radius 3 is 2.52 bits per heavy atom. The molecular weight excluding hydrogens is 266 g/mol. The molecule has 1 heterocycles. The Hall–Kier alpha value is -2.04. The molecule has 21 heavy (non-hydrogen) atoms. The van der Waals surface area contributed by atoms with Gasteiger partial charge in [-0.05, 0) is 25.5 Å². The first-order chi connectivity index (χ1) is 10.1. The summed E-state index contributed by atoms with van der Waals surface area (Å²) >= 11 is 0. The second-order valence-corrected chi connectivity index (χ2v) is 5.32. The fourth-order valence-electron chi connectivity index (χ4n) is 2.67. The van der Waals surface area contributed by atoms with Crippen LogP contribution in [0, 0.1) is 0 Å². The molecule has 1 N–H and O–H groups in total. The lowest BCUT2D eigenvalue weighted by Crippen LogP contribution is -2.45. The molecule has 1 aliphatic heterocycles. The number of benzene rings is 1. The van der Waals surface area contributed by atoms with Crippen LogP contribution in [0.5, 0.6) is 0 Å². The van der Waals surface area contributed by atoms with Crippen molar-refractivity contribution in [1.82, 2.24) is 9.80 Å². The highest BCUT2D eigenvalue weighted by Crippen LogP contribution is 2.25. The summed E-state index contributed by atoms with van der Waals surface area (Å²) < 4.78 is 0. The average Bonchev–Trinajstić information content (AvgIpc) is 2.91. The van der Waals surface area contributed by atoms with Crippen molar-refractivity contribution in [3.05, 3.63) is 29.8 Å². The zero-order valence-corrected chi connectivity index (χ0v) is 12.9. The molecule has 5 nitrogen and oxygen atoms in total. The molecule has 0 unspecified atom stereocenters. The van der Waals surface area contributed by atoms with Crippen LogP contribution in [-0.2, 0) is 16.0 Å². The number of carbonyl (C=O) groups excluding carboxylic acids is 2. The van der Waals surface area contributed by atoms with E-state index in [0.29, 0.717) is 19.5 Å². The van der Waals surface area contributed by atoms with Crippen molar-refractivity contribution in [2.24, 2.45) is 0 Å². The van der Waals surface area contributed by atoms with E-state index in [-0.39, 0.29) is 24.4 Å². The van der Waals surface area contributed by atoms with Crippen molar-refractivity contribution in [2.75, 3.05) is 32.0 Å². The van der Waals surface area contributed by atoms with Crippen molar-refractivity contribution in [3.63, 3.8) is 0 Å². The fourth-order valence-corrected chi connectivity index (χ4v) is 2.67. The molecule has 0 aliphatic carbocycles. The van der Waals surface area contributed by atoms with Crippen molar-refractivity contribution in [2.45, 2.75) is 26.3 Å². The SMILES string of the molecule is CCN(CC)C(=O)CN(C)C(=O)[C@@H]1Cc2ccccc2N1. The lowest BCUT2D eigenvalue weighted by Gasteiger charge is -2.25. The summed E-state index contributed by atoms with van der Waals surface area (Å²) in [6.07, 6.45) is 0.679. The molecule has 0 saturated heterocycles. The zero-order valence-electron chi connectivity index (χ0n) is 12.9. The molecule has 0 saturated carbocycles.